The van der Waals surface area contributed by atoms with Gasteiger partial charge in [-0.2, -0.15) is 0 Å². The first kappa shape index (κ1) is 16.1. The molecule has 0 radical (unpaired) electrons. The zero-order valence-corrected chi connectivity index (χ0v) is 12.6. The molecule has 0 aliphatic carbocycles. The molecule has 0 unspecified atom stereocenters. The van der Waals surface area contributed by atoms with E-state index in [-0.39, 0.29) is 24.0 Å². The summed E-state index contributed by atoms with van der Waals surface area (Å²) in [6.45, 7) is 2.30. The molecule has 1 amide bonds. The third kappa shape index (κ3) is 4.63. The molecule has 116 valence electrons. The molecule has 0 saturated carbocycles. The molecule has 3 nitrogen and oxygen atoms in total. The maximum atomic E-state index is 13.7. The minimum absolute atomic E-state index is 0.0871. The Labute approximate surface area is 128 Å². The molecule has 0 aromatic heterocycles. The Balaban J connectivity index is 1.91. The highest BCUT2D eigenvalue weighted by Gasteiger charge is 2.10. The van der Waals surface area contributed by atoms with Gasteiger partial charge in [0.05, 0.1) is 12.2 Å². The van der Waals surface area contributed by atoms with Gasteiger partial charge in [0.15, 0.2) is 0 Å². The zero-order chi connectivity index (χ0) is 16.1. The van der Waals surface area contributed by atoms with Gasteiger partial charge in [-0.1, -0.05) is 18.2 Å². The van der Waals surface area contributed by atoms with Gasteiger partial charge in [0.1, 0.15) is 11.6 Å². The molecular weight excluding hydrogens is 286 g/mol. The molecule has 1 N–H and O–H groups in total. The van der Waals surface area contributed by atoms with E-state index in [1.807, 2.05) is 0 Å². The summed E-state index contributed by atoms with van der Waals surface area (Å²) in [5.74, 6) is -1.08. The van der Waals surface area contributed by atoms with Crippen molar-refractivity contribution in [2.24, 2.45) is 0 Å². The summed E-state index contributed by atoms with van der Waals surface area (Å²) in [6.07, 6.45) is 0. The number of carbonyl (C=O) groups excluding carboxylic acids is 1. The number of amides is 1. The number of nitrogens with zero attached hydrogens (tertiary/aromatic N) is 1. The summed E-state index contributed by atoms with van der Waals surface area (Å²) < 4.78 is 26.8. The van der Waals surface area contributed by atoms with Gasteiger partial charge >= 0.3 is 0 Å². The number of benzene rings is 2. The van der Waals surface area contributed by atoms with Crippen LogP contribution in [0.3, 0.4) is 0 Å². The summed E-state index contributed by atoms with van der Waals surface area (Å²) in [7, 11) is 1.75. The second kappa shape index (κ2) is 7.13. The van der Waals surface area contributed by atoms with E-state index in [1.165, 1.54) is 24.3 Å². The van der Waals surface area contributed by atoms with Crippen molar-refractivity contribution in [2.75, 3.05) is 18.9 Å². The third-order valence-corrected chi connectivity index (χ3v) is 3.15. The molecule has 0 spiro atoms. The zero-order valence-electron chi connectivity index (χ0n) is 12.6. The van der Waals surface area contributed by atoms with Gasteiger partial charge in [0.25, 0.3) is 0 Å². The van der Waals surface area contributed by atoms with E-state index in [2.05, 4.69) is 5.32 Å². The largest absolute Gasteiger partial charge is 0.322 e. The van der Waals surface area contributed by atoms with Gasteiger partial charge in [-0.15, -0.1) is 0 Å². The van der Waals surface area contributed by atoms with E-state index >= 15 is 0 Å². The number of nitrogens with one attached hydrogen (secondary N) is 1. The van der Waals surface area contributed by atoms with Gasteiger partial charge < -0.3 is 5.32 Å². The molecule has 0 aliphatic rings. The fourth-order valence-corrected chi connectivity index (χ4v) is 2.16. The first-order valence-corrected chi connectivity index (χ1v) is 6.93. The van der Waals surface area contributed by atoms with Crippen molar-refractivity contribution < 1.29 is 13.6 Å². The molecule has 2 aromatic rings. The lowest BCUT2D eigenvalue weighted by Crippen LogP contribution is -2.30. The maximum Gasteiger partial charge on any atom is 0.238 e. The number of likely N-dealkylation sites (N-methyl/N-ethyl adjacent to an activating group) is 1. The highest BCUT2D eigenvalue weighted by molar-refractivity contribution is 5.92. The standard InChI is InChI=1S/C17H18F2N2O/c1-12-6-7-16(15(19)8-12)20-17(22)11-21(2)10-13-4-3-5-14(18)9-13/h3-9H,10-11H2,1-2H3,(H,20,22). The number of hydrogen-bond donors (Lipinski definition) is 1. The van der Waals surface area contributed by atoms with Gasteiger partial charge in [-0.05, 0) is 49.4 Å². The van der Waals surface area contributed by atoms with E-state index in [1.54, 1.807) is 37.1 Å². The number of rotatable bonds is 5. The van der Waals surface area contributed by atoms with Crippen LogP contribution >= 0.6 is 0 Å². The predicted molar refractivity (Wildman–Crippen MR) is 82.5 cm³/mol. The van der Waals surface area contributed by atoms with Gasteiger partial charge in [0.2, 0.25) is 5.91 Å². The Kier molecular flexibility index (Phi) is 5.22. The molecule has 0 fully saturated rings. The Hall–Kier alpha value is -2.27. The van der Waals surface area contributed by atoms with Crippen LogP contribution in [0.15, 0.2) is 42.5 Å². The smallest absolute Gasteiger partial charge is 0.238 e. The second-order valence-electron chi connectivity index (χ2n) is 5.33. The lowest BCUT2D eigenvalue weighted by atomic mass is 10.2. The van der Waals surface area contributed by atoms with E-state index in [9.17, 15) is 13.6 Å². The van der Waals surface area contributed by atoms with Crippen molar-refractivity contribution in [1.82, 2.24) is 4.90 Å². The summed E-state index contributed by atoms with van der Waals surface area (Å²) in [4.78, 5) is 13.7. The minimum atomic E-state index is -0.457. The molecule has 0 aliphatic heterocycles. The third-order valence-electron chi connectivity index (χ3n) is 3.15. The predicted octanol–water partition coefficient (Wildman–Crippen LogP) is 3.34. The molecular formula is C17H18F2N2O. The summed E-state index contributed by atoms with van der Waals surface area (Å²) in [5, 5.41) is 2.54. The number of carbonyl (C=O) groups is 1. The second-order valence-corrected chi connectivity index (χ2v) is 5.33. The van der Waals surface area contributed by atoms with Crippen molar-refractivity contribution in [3.05, 3.63) is 65.2 Å². The van der Waals surface area contributed by atoms with Crippen LogP contribution < -0.4 is 5.32 Å². The summed E-state index contributed by atoms with van der Waals surface area (Å²) >= 11 is 0. The van der Waals surface area contributed by atoms with E-state index in [4.69, 9.17) is 0 Å². The number of anilines is 1. The number of aryl methyl sites for hydroxylation is 1. The lowest BCUT2D eigenvalue weighted by Gasteiger charge is -2.16. The van der Waals surface area contributed by atoms with Crippen LogP contribution in [0.4, 0.5) is 14.5 Å². The molecule has 22 heavy (non-hydrogen) atoms. The van der Waals surface area contributed by atoms with Crippen molar-refractivity contribution >= 4 is 11.6 Å². The van der Waals surface area contributed by atoms with Crippen molar-refractivity contribution in [3.8, 4) is 0 Å². The average Bonchev–Trinajstić information content (AvgIpc) is 2.41. The molecule has 0 heterocycles. The Bertz CT molecular complexity index is 673. The van der Waals surface area contributed by atoms with Gasteiger partial charge in [-0.3, -0.25) is 9.69 Å². The van der Waals surface area contributed by atoms with Crippen LogP contribution in [0.2, 0.25) is 0 Å². The van der Waals surface area contributed by atoms with Gasteiger partial charge in [0, 0.05) is 6.54 Å². The van der Waals surface area contributed by atoms with Gasteiger partial charge in [-0.25, -0.2) is 8.78 Å². The van der Waals surface area contributed by atoms with E-state index in [0.717, 1.165) is 11.1 Å². The Morgan fingerprint density at radius 2 is 1.95 bits per heavy atom. The lowest BCUT2D eigenvalue weighted by molar-refractivity contribution is -0.117. The number of halogens is 2. The van der Waals surface area contributed by atoms with Crippen LogP contribution in [0.25, 0.3) is 0 Å². The molecule has 2 rings (SSSR count). The molecule has 5 heteroatoms. The van der Waals surface area contributed by atoms with E-state index < -0.39 is 5.82 Å². The average molecular weight is 304 g/mol. The minimum Gasteiger partial charge on any atom is -0.322 e. The monoisotopic (exact) mass is 304 g/mol. The molecule has 0 saturated heterocycles. The van der Waals surface area contributed by atoms with Crippen molar-refractivity contribution in [1.29, 1.82) is 0 Å². The molecule has 0 atom stereocenters. The first-order valence-electron chi connectivity index (χ1n) is 6.93. The highest BCUT2D eigenvalue weighted by atomic mass is 19.1. The summed E-state index contributed by atoms with van der Waals surface area (Å²) in [6, 6.07) is 10.8. The number of hydrogen-bond acceptors (Lipinski definition) is 2. The quantitative estimate of drug-likeness (QED) is 0.919. The first-order chi connectivity index (χ1) is 10.4. The highest BCUT2D eigenvalue weighted by Crippen LogP contribution is 2.15. The summed E-state index contributed by atoms with van der Waals surface area (Å²) in [5.41, 5.74) is 1.73. The molecule has 2 aromatic carbocycles. The fraction of sp³-hybridized carbons (Fsp3) is 0.235. The van der Waals surface area contributed by atoms with E-state index in [0.29, 0.717) is 6.54 Å². The Morgan fingerprint density at radius 3 is 2.64 bits per heavy atom. The van der Waals surface area contributed by atoms with Crippen molar-refractivity contribution in [2.45, 2.75) is 13.5 Å². The SMILES string of the molecule is Cc1ccc(NC(=O)CN(C)Cc2cccc(F)c2)c(F)c1. The van der Waals surface area contributed by atoms with Crippen LogP contribution in [0.5, 0.6) is 0 Å². The Morgan fingerprint density at radius 1 is 1.18 bits per heavy atom. The topological polar surface area (TPSA) is 32.3 Å². The normalized spacial score (nSPS) is 10.8. The van der Waals surface area contributed by atoms with Crippen LogP contribution in [-0.4, -0.2) is 24.4 Å². The fourth-order valence-electron chi connectivity index (χ4n) is 2.16. The maximum absolute atomic E-state index is 13.7. The van der Waals surface area contributed by atoms with Crippen molar-refractivity contribution in [3.63, 3.8) is 0 Å². The van der Waals surface area contributed by atoms with Crippen LogP contribution in [0.1, 0.15) is 11.1 Å². The van der Waals surface area contributed by atoms with Crippen LogP contribution in [-0.2, 0) is 11.3 Å². The molecule has 0 bridgehead atoms. The van der Waals surface area contributed by atoms with Crippen LogP contribution in [0, 0.1) is 18.6 Å².